The van der Waals surface area contributed by atoms with Gasteiger partial charge in [0.25, 0.3) is 0 Å². The third-order valence-corrected chi connectivity index (χ3v) is 5.65. The fourth-order valence-corrected chi connectivity index (χ4v) is 4.18. The van der Waals surface area contributed by atoms with Crippen LogP contribution in [0.5, 0.6) is 0 Å². The van der Waals surface area contributed by atoms with E-state index < -0.39 is 0 Å². The van der Waals surface area contributed by atoms with Crippen LogP contribution in [0.15, 0.2) is 71.0 Å². The molecule has 2 aromatic carbocycles. The number of hydrogen-bond acceptors (Lipinski definition) is 3. The van der Waals surface area contributed by atoms with Gasteiger partial charge in [0.2, 0.25) is 0 Å². The van der Waals surface area contributed by atoms with Gasteiger partial charge in [-0.3, -0.25) is 0 Å². The van der Waals surface area contributed by atoms with Crippen molar-refractivity contribution in [3.8, 4) is 0 Å². The summed E-state index contributed by atoms with van der Waals surface area (Å²) in [5.41, 5.74) is 1.30. The minimum absolute atomic E-state index is 0.796. The molecule has 0 bridgehead atoms. The molecule has 104 valence electrons. The fourth-order valence-electron chi connectivity index (χ4n) is 1.46. The predicted molar refractivity (Wildman–Crippen MR) is 96.6 cm³/mol. The van der Waals surface area contributed by atoms with Crippen molar-refractivity contribution in [1.29, 1.82) is 0 Å². The first-order chi connectivity index (χ1) is 9.84. The molecule has 0 saturated heterocycles. The Morgan fingerprint density at radius 3 is 2.45 bits per heavy atom. The molecule has 0 nitrogen and oxygen atoms in total. The Morgan fingerprint density at radius 2 is 1.70 bits per heavy atom. The van der Waals surface area contributed by atoms with Gasteiger partial charge >= 0.3 is 0 Å². The van der Waals surface area contributed by atoms with Crippen molar-refractivity contribution < 1.29 is 0 Å². The molecule has 0 unspecified atom stereocenters. The first-order valence-corrected chi connectivity index (χ1v) is 9.95. The molecule has 0 fully saturated rings. The van der Waals surface area contributed by atoms with Crippen LogP contribution in [0.3, 0.4) is 0 Å². The molecule has 0 atom stereocenters. The number of halogens is 1. The van der Waals surface area contributed by atoms with E-state index in [0.717, 1.165) is 16.5 Å². The smallest absolute Gasteiger partial charge is 0.0406 e. The lowest BCUT2D eigenvalue weighted by Crippen LogP contribution is -1.76. The van der Waals surface area contributed by atoms with E-state index in [1.165, 1.54) is 10.5 Å². The number of thioether (sulfide) groups is 1. The molecule has 2 aromatic rings. The molecule has 0 heterocycles. The monoisotopic (exact) mass is 338 g/mol. The second-order valence-corrected chi connectivity index (χ2v) is 7.78. The van der Waals surface area contributed by atoms with Crippen LogP contribution in [0.25, 0.3) is 0 Å². The van der Waals surface area contributed by atoms with Gasteiger partial charge < -0.3 is 0 Å². The van der Waals surface area contributed by atoms with Crippen LogP contribution in [-0.4, -0.2) is 5.75 Å². The summed E-state index contributed by atoms with van der Waals surface area (Å²) < 4.78 is 0. The zero-order valence-electron chi connectivity index (χ0n) is 10.9. The van der Waals surface area contributed by atoms with Crippen LogP contribution in [-0.2, 0) is 5.75 Å². The molecule has 0 saturated carbocycles. The molecule has 0 aromatic heterocycles. The van der Waals surface area contributed by atoms with Crippen LogP contribution in [0, 0.1) is 0 Å². The standard InChI is InChI=1S/C16H15ClS3/c17-15-9-7-14(8-10-15)13-20-19-12-4-11-18-16-5-2-1-3-6-16/h1-10,12H,11,13H2/b12-4+. The topological polar surface area (TPSA) is 0 Å². The van der Waals surface area contributed by atoms with Gasteiger partial charge in [0.1, 0.15) is 0 Å². The van der Waals surface area contributed by atoms with Gasteiger partial charge in [0.05, 0.1) is 0 Å². The molecule has 0 radical (unpaired) electrons. The summed E-state index contributed by atoms with van der Waals surface area (Å²) in [6.45, 7) is 0. The van der Waals surface area contributed by atoms with Crippen molar-refractivity contribution in [2.75, 3.05) is 5.75 Å². The molecular weight excluding hydrogens is 324 g/mol. The van der Waals surface area contributed by atoms with E-state index in [0.29, 0.717) is 0 Å². The highest BCUT2D eigenvalue weighted by molar-refractivity contribution is 8.77. The first kappa shape index (κ1) is 15.9. The Balaban J connectivity index is 1.59. The summed E-state index contributed by atoms with van der Waals surface area (Å²) in [4.78, 5) is 1.32. The molecule has 4 heteroatoms. The van der Waals surface area contributed by atoms with E-state index in [4.69, 9.17) is 11.6 Å². The van der Waals surface area contributed by atoms with E-state index in [1.807, 2.05) is 40.8 Å². The van der Waals surface area contributed by atoms with Crippen molar-refractivity contribution in [1.82, 2.24) is 0 Å². The summed E-state index contributed by atoms with van der Waals surface area (Å²) in [6, 6.07) is 18.5. The Hall–Kier alpha value is -0.480. The molecule has 0 aliphatic rings. The third-order valence-electron chi connectivity index (χ3n) is 2.45. The van der Waals surface area contributed by atoms with Crippen molar-refractivity contribution in [2.24, 2.45) is 0 Å². The second-order valence-electron chi connectivity index (χ2n) is 3.98. The Morgan fingerprint density at radius 1 is 0.950 bits per heavy atom. The normalized spacial score (nSPS) is 11.1. The second kappa shape index (κ2) is 9.46. The summed E-state index contributed by atoms with van der Waals surface area (Å²) in [6.07, 6.45) is 2.21. The zero-order valence-corrected chi connectivity index (χ0v) is 14.1. The minimum atomic E-state index is 0.796. The molecule has 20 heavy (non-hydrogen) atoms. The molecule has 0 aliphatic heterocycles. The average molecular weight is 339 g/mol. The third kappa shape index (κ3) is 6.31. The number of rotatable bonds is 7. The average Bonchev–Trinajstić information content (AvgIpc) is 2.49. The largest absolute Gasteiger partial charge is 0.122 e. The zero-order chi connectivity index (χ0) is 14.0. The highest BCUT2D eigenvalue weighted by Gasteiger charge is 1.93. The SMILES string of the molecule is Clc1ccc(CSS/C=C/CSc2ccccc2)cc1. The maximum atomic E-state index is 5.86. The Bertz CT molecular complexity index is 523. The quantitative estimate of drug-likeness (QED) is 0.320. The van der Waals surface area contributed by atoms with Gasteiger partial charge in [0.15, 0.2) is 0 Å². The van der Waals surface area contributed by atoms with Crippen molar-refractivity contribution in [3.05, 3.63) is 76.7 Å². The Kier molecular flexibility index (Phi) is 7.52. The van der Waals surface area contributed by atoms with Gasteiger partial charge in [0, 0.05) is 21.4 Å². The summed E-state index contributed by atoms with van der Waals surface area (Å²) in [5, 5.41) is 2.96. The predicted octanol–water partition coefficient (Wildman–Crippen LogP) is 6.53. The maximum absolute atomic E-state index is 5.86. The van der Waals surface area contributed by atoms with Gasteiger partial charge in [-0.25, -0.2) is 0 Å². The van der Waals surface area contributed by atoms with Gasteiger partial charge in [-0.15, -0.1) is 11.8 Å². The maximum Gasteiger partial charge on any atom is 0.0406 e. The number of benzene rings is 2. The lowest BCUT2D eigenvalue weighted by molar-refractivity contribution is 1.43. The first-order valence-electron chi connectivity index (χ1n) is 6.20. The molecule has 0 N–H and O–H groups in total. The molecule has 0 spiro atoms. The van der Waals surface area contributed by atoms with Crippen LogP contribution in [0.1, 0.15) is 5.56 Å². The van der Waals surface area contributed by atoms with Gasteiger partial charge in [-0.1, -0.05) is 69.6 Å². The van der Waals surface area contributed by atoms with Gasteiger partial charge in [-0.05, 0) is 35.2 Å². The van der Waals surface area contributed by atoms with E-state index in [-0.39, 0.29) is 0 Å². The molecule has 0 aliphatic carbocycles. The van der Waals surface area contributed by atoms with Crippen molar-refractivity contribution >= 4 is 45.0 Å². The summed E-state index contributed by atoms with van der Waals surface area (Å²) in [5.74, 6) is 2.01. The van der Waals surface area contributed by atoms with E-state index >= 15 is 0 Å². The van der Waals surface area contributed by atoms with E-state index in [1.54, 1.807) is 10.8 Å². The lowest BCUT2D eigenvalue weighted by atomic mass is 10.2. The fraction of sp³-hybridized carbons (Fsp3) is 0.125. The van der Waals surface area contributed by atoms with Crippen LogP contribution in [0.2, 0.25) is 5.02 Å². The minimum Gasteiger partial charge on any atom is -0.122 e. The molecular formula is C16H15ClS3. The molecule has 0 amide bonds. The van der Waals surface area contributed by atoms with Gasteiger partial charge in [-0.2, -0.15) is 0 Å². The van der Waals surface area contributed by atoms with E-state index in [9.17, 15) is 0 Å². The van der Waals surface area contributed by atoms with Crippen molar-refractivity contribution in [2.45, 2.75) is 10.6 Å². The summed E-state index contributed by atoms with van der Waals surface area (Å²) in [7, 11) is 3.61. The van der Waals surface area contributed by atoms with Crippen LogP contribution in [0.4, 0.5) is 0 Å². The Labute approximate surface area is 137 Å². The molecule has 2 rings (SSSR count). The highest BCUT2D eigenvalue weighted by atomic mass is 35.5. The summed E-state index contributed by atoms with van der Waals surface area (Å²) >= 11 is 7.71. The van der Waals surface area contributed by atoms with E-state index in [2.05, 4.69) is 47.9 Å². The van der Waals surface area contributed by atoms with Crippen LogP contribution >= 0.6 is 45.0 Å². The highest BCUT2D eigenvalue weighted by Crippen LogP contribution is 2.28. The van der Waals surface area contributed by atoms with Crippen LogP contribution < -0.4 is 0 Å². The van der Waals surface area contributed by atoms with Crippen molar-refractivity contribution in [3.63, 3.8) is 0 Å². The lowest BCUT2D eigenvalue weighted by Gasteiger charge is -1.99. The number of hydrogen-bond donors (Lipinski definition) is 0.